The Hall–Kier alpha value is -2.70. The Morgan fingerprint density at radius 3 is 3.06 bits per heavy atom. The van der Waals surface area contributed by atoms with Crippen molar-refractivity contribution in [3.05, 3.63) is 30.6 Å². The summed E-state index contributed by atoms with van der Waals surface area (Å²) in [5.74, 6) is -0.545. The normalized spacial score (nSPS) is 10.9. The van der Waals surface area contributed by atoms with Crippen molar-refractivity contribution in [2.45, 2.75) is 0 Å². The van der Waals surface area contributed by atoms with Crippen molar-refractivity contribution >= 4 is 28.5 Å². The lowest BCUT2D eigenvalue weighted by Crippen LogP contribution is -2.14. The van der Waals surface area contributed by atoms with Gasteiger partial charge in [-0.15, -0.1) is 10.2 Å². The number of nitrogens with zero attached hydrogens (tertiary/aromatic N) is 4. The lowest BCUT2D eigenvalue weighted by atomic mass is 10.3. The van der Waals surface area contributed by atoms with Crippen LogP contribution in [-0.2, 0) is 4.79 Å². The minimum absolute atomic E-state index is 0.214. The van der Waals surface area contributed by atoms with Gasteiger partial charge in [-0.05, 0) is 12.1 Å². The number of para-hydroxylation sites is 2. The molecule has 0 bridgehead atoms. The standard InChI is InChI=1S/C11H9N5O2/c17-9(18)5-12-10-11-15-13-6-16(11)8-4-2-1-3-7(8)14-10/h1-4,6H,5H2,(H,12,14)(H,17,18). The number of carbonyl (C=O) groups is 1. The number of fused-ring (bicyclic) bond motifs is 3. The molecule has 90 valence electrons. The van der Waals surface area contributed by atoms with Crippen LogP contribution in [0.2, 0.25) is 0 Å². The third-order valence-electron chi connectivity index (χ3n) is 2.54. The summed E-state index contributed by atoms with van der Waals surface area (Å²) in [6.07, 6.45) is 1.57. The molecule has 0 unspecified atom stereocenters. The van der Waals surface area contributed by atoms with E-state index in [1.807, 2.05) is 24.3 Å². The molecule has 0 saturated carbocycles. The van der Waals surface area contributed by atoms with E-state index in [1.165, 1.54) is 0 Å². The average molecular weight is 243 g/mol. The topological polar surface area (TPSA) is 92.4 Å². The van der Waals surface area contributed by atoms with Crippen LogP contribution in [0.1, 0.15) is 0 Å². The average Bonchev–Trinajstić information content (AvgIpc) is 2.85. The van der Waals surface area contributed by atoms with Crippen LogP contribution in [0.4, 0.5) is 5.82 Å². The number of hydrogen-bond acceptors (Lipinski definition) is 5. The van der Waals surface area contributed by atoms with Crippen LogP contribution >= 0.6 is 0 Å². The first-order valence-electron chi connectivity index (χ1n) is 5.30. The number of rotatable bonds is 3. The van der Waals surface area contributed by atoms with E-state index >= 15 is 0 Å². The van der Waals surface area contributed by atoms with E-state index in [9.17, 15) is 4.79 Å². The minimum atomic E-state index is -0.956. The van der Waals surface area contributed by atoms with E-state index in [-0.39, 0.29) is 6.54 Å². The summed E-state index contributed by atoms with van der Waals surface area (Å²) < 4.78 is 1.77. The zero-order valence-electron chi connectivity index (χ0n) is 9.24. The van der Waals surface area contributed by atoms with Crippen molar-refractivity contribution in [3.8, 4) is 0 Å². The smallest absolute Gasteiger partial charge is 0.322 e. The minimum Gasteiger partial charge on any atom is -0.480 e. The van der Waals surface area contributed by atoms with E-state index in [0.29, 0.717) is 11.5 Å². The molecule has 0 aliphatic carbocycles. The van der Waals surface area contributed by atoms with Crippen molar-refractivity contribution in [1.29, 1.82) is 0 Å². The molecule has 1 aromatic carbocycles. The molecule has 18 heavy (non-hydrogen) atoms. The highest BCUT2D eigenvalue weighted by atomic mass is 16.4. The number of carboxylic acids is 1. The SMILES string of the molecule is O=C(O)CNc1nc2ccccc2n2cnnc12. The van der Waals surface area contributed by atoms with Crippen LogP contribution in [0.3, 0.4) is 0 Å². The zero-order valence-corrected chi connectivity index (χ0v) is 9.24. The third-order valence-corrected chi connectivity index (χ3v) is 2.54. The van der Waals surface area contributed by atoms with Crippen LogP contribution in [0.15, 0.2) is 30.6 Å². The van der Waals surface area contributed by atoms with Crippen molar-refractivity contribution in [1.82, 2.24) is 19.6 Å². The highest BCUT2D eigenvalue weighted by molar-refractivity contribution is 5.83. The van der Waals surface area contributed by atoms with Gasteiger partial charge in [-0.3, -0.25) is 9.20 Å². The van der Waals surface area contributed by atoms with E-state index in [1.54, 1.807) is 10.7 Å². The van der Waals surface area contributed by atoms with Gasteiger partial charge in [0.05, 0.1) is 11.0 Å². The number of nitrogens with one attached hydrogen (secondary N) is 1. The van der Waals surface area contributed by atoms with Crippen molar-refractivity contribution in [2.75, 3.05) is 11.9 Å². The molecule has 3 aromatic rings. The second-order valence-electron chi connectivity index (χ2n) is 3.72. The first-order chi connectivity index (χ1) is 8.75. The van der Waals surface area contributed by atoms with Gasteiger partial charge < -0.3 is 10.4 Å². The number of anilines is 1. The monoisotopic (exact) mass is 243 g/mol. The summed E-state index contributed by atoms with van der Waals surface area (Å²) in [6.45, 7) is -0.214. The Bertz CT molecular complexity index is 736. The molecule has 0 amide bonds. The van der Waals surface area contributed by atoms with Crippen molar-refractivity contribution in [3.63, 3.8) is 0 Å². The number of carboxylic acid groups (broad SMARTS) is 1. The maximum atomic E-state index is 10.6. The zero-order chi connectivity index (χ0) is 12.5. The van der Waals surface area contributed by atoms with Gasteiger partial charge in [0.1, 0.15) is 12.9 Å². The summed E-state index contributed by atoms with van der Waals surface area (Å²) >= 11 is 0. The largest absolute Gasteiger partial charge is 0.480 e. The van der Waals surface area contributed by atoms with Gasteiger partial charge in [0.2, 0.25) is 5.65 Å². The van der Waals surface area contributed by atoms with Crippen molar-refractivity contribution in [2.24, 2.45) is 0 Å². The predicted octanol–water partition coefficient (Wildman–Crippen LogP) is 0.774. The molecule has 2 aromatic heterocycles. The van der Waals surface area contributed by atoms with Gasteiger partial charge in [0.25, 0.3) is 0 Å². The molecule has 0 aliphatic heterocycles. The van der Waals surface area contributed by atoms with Crippen LogP contribution in [-0.4, -0.2) is 37.2 Å². The second-order valence-corrected chi connectivity index (χ2v) is 3.72. The molecule has 0 radical (unpaired) electrons. The third kappa shape index (κ3) is 1.61. The molecule has 2 heterocycles. The summed E-state index contributed by atoms with van der Waals surface area (Å²) in [7, 11) is 0. The van der Waals surface area contributed by atoms with Gasteiger partial charge >= 0.3 is 5.97 Å². The Kier molecular flexibility index (Phi) is 2.30. The lowest BCUT2D eigenvalue weighted by molar-refractivity contribution is -0.134. The molecule has 3 rings (SSSR count). The van der Waals surface area contributed by atoms with E-state index in [0.717, 1.165) is 11.0 Å². The van der Waals surface area contributed by atoms with E-state index in [4.69, 9.17) is 5.11 Å². The Labute approximate surface area is 101 Å². The Balaban J connectivity index is 2.22. The highest BCUT2D eigenvalue weighted by Crippen LogP contribution is 2.19. The number of hydrogen-bond donors (Lipinski definition) is 2. The fourth-order valence-corrected chi connectivity index (χ4v) is 1.78. The summed E-state index contributed by atoms with van der Waals surface area (Å²) in [4.78, 5) is 14.9. The van der Waals surface area contributed by atoms with Crippen LogP contribution in [0, 0.1) is 0 Å². The number of aromatic nitrogens is 4. The molecule has 0 aliphatic rings. The molecule has 7 nitrogen and oxygen atoms in total. The van der Waals surface area contributed by atoms with Crippen molar-refractivity contribution < 1.29 is 9.90 Å². The molecule has 0 saturated heterocycles. The quantitative estimate of drug-likeness (QED) is 0.706. The van der Waals surface area contributed by atoms with Gasteiger partial charge in [-0.2, -0.15) is 0 Å². The molecule has 0 fully saturated rings. The maximum Gasteiger partial charge on any atom is 0.322 e. The van der Waals surface area contributed by atoms with Gasteiger partial charge in [-0.25, -0.2) is 4.98 Å². The molecule has 2 N–H and O–H groups in total. The number of benzene rings is 1. The summed E-state index contributed by atoms with van der Waals surface area (Å²) in [5.41, 5.74) is 2.13. The number of aliphatic carboxylic acids is 1. The fraction of sp³-hybridized carbons (Fsp3) is 0.0909. The summed E-state index contributed by atoms with van der Waals surface area (Å²) in [6, 6.07) is 7.51. The molecule has 0 atom stereocenters. The van der Waals surface area contributed by atoms with E-state index < -0.39 is 5.97 Å². The van der Waals surface area contributed by atoms with Crippen LogP contribution in [0.25, 0.3) is 16.7 Å². The van der Waals surface area contributed by atoms with Gasteiger partial charge in [0, 0.05) is 0 Å². The highest BCUT2D eigenvalue weighted by Gasteiger charge is 2.10. The Morgan fingerprint density at radius 1 is 1.39 bits per heavy atom. The molecule has 7 heteroatoms. The Morgan fingerprint density at radius 2 is 2.22 bits per heavy atom. The van der Waals surface area contributed by atoms with Crippen LogP contribution in [0.5, 0.6) is 0 Å². The fourth-order valence-electron chi connectivity index (χ4n) is 1.78. The predicted molar refractivity (Wildman–Crippen MR) is 64.4 cm³/mol. The van der Waals surface area contributed by atoms with Gasteiger partial charge in [-0.1, -0.05) is 12.1 Å². The van der Waals surface area contributed by atoms with Crippen LogP contribution < -0.4 is 5.32 Å². The first kappa shape index (κ1) is 10.5. The van der Waals surface area contributed by atoms with E-state index in [2.05, 4.69) is 20.5 Å². The van der Waals surface area contributed by atoms with Gasteiger partial charge in [0.15, 0.2) is 5.82 Å². The lowest BCUT2D eigenvalue weighted by Gasteiger charge is -2.06. The first-order valence-corrected chi connectivity index (χ1v) is 5.30. The molecular weight excluding hydrogens is 234 g/mol. The summed E-state index contributed by atoms with van der Waals surface area (Å²) in [5, 5.41) is 19.2. The molecular formula is C11H9N5O2. The molecule has 0 spiro atoms. The maximum absolute atomic E-state index is 10.6. The second kappa shape index (κ2) is 3.95.